The molecule has 0 aromatic heterocycles. The first-order valence-electron chi connectivity index (χ1n) is 7.44. The van der Waals surface area contributed by atoms with E-state index in [2.05, 4.69) is 24.1 Å². The molecule has 0 aromatic rings. The number of hydrazine groups is 1. The average Bonchev–Trinajstić information content (AvgIpc) is 2.39. The minimum absolute atomic E-state index is 0.527. The van der Waals surface area contributed by atoms with Crippen LogP contribution in [0, 0.1) is 0 Å². The van der Waals surface area contributed by atoms with Gasteiger partial charge in [0, 0.05) is 17.0 Å². The molecule has 0 aliphatic heterocycles. The molecule has 2 nitrogen and oxygen atoms in total. The second-order valence-corrected chi connectivity index (χ2v) is 6.64. The van der Waals surface area contributed by atoms with Gasteiger partial charge in [0.25, 0.3) is 0 Å². The summed E-state index contributed by atoms with van der Waals surface area (Å²) in [6, 6.07) is 0.527. The Morgan fingerprint density at radius 2 is 1.94 bits per heavy atom. The molecule has 0 heterocycles. The fourth-order valence-electron chi connectivity index (χ4n) is 2.52. The molecule has 0 saturated heterocycles. The molecule has 0 amide bonds. The summed E-state index contributed by atoms with van der Waals surface area (Å²) in [5.74, 6) is 6.84. The van der Waals surface area contributed by atoms with Crippen LogP contribution in [0.1, 0.15) is 71.1 Å². The van der Waals surface area contributed by atoms with Gasteiger partial charge in [-0.3, -0.25) is 11.3 Å². The summed E-state index contributed by atoms with van der Waals surface area (Å²) in [4.78, 5) is 0. The van der Waals surface area contributed by atoms with E-state index in [0.29, 0.717) is 6.04 Å². The number of rotatable bonds is 9. The maximum absolute atomic E-state index is 5.64. The zero-order valence-corrected chi connectivity index (χ0v) is 12.2. The van der Waals surface area contributed by atoms with E-state index in [1.165, 1.54) is 70.0 Å². The molecule has 1 atom stereocenters. The SMILES string of the molecule is CCCCCCC(CSC1CCCCC1)NN. The number of hydrogen-bond donors (Lipinski definition) is 2. The molecule has 3 heteroatoms. The summed E-state index contributed by atoms with van der Waals surface area (Å²) < 4.78 is 0. The summed E-state index contributed by atoms with van der Waals surface area (Å²) in [6.45, 7) is 2.26. The van der Waals surface area contributed by atoms with Crippen LogP contribution in [-0.2, 0) is 0 Å². The van der Waals surface area contributed by atoms with Crippen molar-refractivity contribution in [1.29, 1.82) is 0 Å². The van der Waals surface area contributed by atoms with Gasteiger partial charge in [0.05, 0.1) is 0 Å². The predicted molar refractivity (Wildman–Crippen MR) is 79.2 cm³/mol. The summed E-state index contributed by atoms with van der Waals surface area (Å²) in [6.07, 6.45) is 13.8. The molecular weight excluding hydrogens is 228 g/mol. The Bertz CT molecular complexity index is 170. The maximum Gasteiger partial charge on any atom is 0.0301 e. The summed E-state index contributed by atoms with van der Waals surface area (Å²) in [5.41, 5.74) is 3.00. The predicted octanol–water partition coefficient (Wildman–Crippen LogP) is 3.85. The van der Waals surface area contributed by atoms with E-state index >= 15 is 0 Å². The van der Waals surface area contributed by atoms with Gasteiger partial charge in [-0.1, -0.05) is 51.9 Å². The van der Waals surface area contributed by atoms with Gasteiger partial charge in [-0.05, 0) is 19.3 Å². The largest absolute Gasteiger partial charge is 0.271 e. The molecule has 0 bridgehead atoms. The smallest absolute Gasteiger partial charge is 0.0301 e. The Labute approximate surface area is 111 Å². The number of hydrogen-bond acceptors (Lipinski definition) is 3. The van der Waals surface area contributed by atoms with E-state index in [9.17, 15) is 0 Å². The summed E-state index contributed by atoms with van der Waals surface area (Å²) >= 11 is 2.15. The molecule has 1 unspecified atom stereocenters. The Hall–Kier alpha value is 0.270. The van der Waals surface area contributed by atoms with Gasteiger partial charge in [0.1, 0.15) is 0 Å². The lowest BCUT2D eigenvalue weighted by Crippen LogP contribution is -2.37. The van der Waals surface area contributed by atoms with E-state index in [0.717, 1.165) is 5.25 Å². The minimum Gasteiger partial charge on any atom is -0.271 e. The fourth-order valence-corrected chi connectivity index (χ4v) is 3.95. The normalized spacial score (nSPS) is 19.4. The van der Waals surface area contributed by atoms with Gasteiger partial charge >= 0.3 is 0 Å². The molecular formula is C14H30N2S. The molecule has 0 spiro atoms. The van der Waals surface area contributed by atoms with Crippen LogP contribution in [0.3, 0.4) is 0 Å². The number of nitrogens with two attached hydrogens (primary N) is 1. The fraction of sp³-hybridized carbons (Fsp3) is 1.00. The molecule has 3 N–H and O–H groups in total. The quantitative estimate of drug-likeness (QED) is 0.375. The summed E-state index contributed by atoms with van der Waals surface area (Å²) in [7, 11) is 0. The van der Waals surface area contributed by atoms with Crippen LogP contribution in [-0.4, -0.2) is 17.0 Å². The molecule has 0 radical (unpaired) electrons. The van der Waals surface area contributed by atoms with Crippen molar-refractivity contribution >= 4 is 11.8 Å². The average molecular weight is 258 g/mol. The highest BCUT2D eigenvalue weighted by molar-refractivity contribution is 7.99. The third-order valence-corrected chi connectivity index (χ3v) is 5.26. The van der Waals surface area contributed by atoms with Gasteiger partial charge < -0.3 is 0 Å². The molecule has 1 aliphatic carbocycles. The number of unbranched alkanes of at least 4 members (excludes halogenated alkanes) is 3. The van der Waals surface area contributed by atoms with Crippen molar-refractivity contribution < 1.29 is 0 Å². The lowest BCUT2D eigenvalue weighted by atomic mass is 10.0. The first-order valence-corrected chi connectivity index (χ1v) is 8.49. The molecule has 17 heavy (non-hydrogen) atoms. The van der Waals surface area contributed by atoms with Crippen LogP contribution < -0.4 is 11.3 Å². The van der Waals surface area contributed by atoms with Gasteiger partial charge in [0.2, 0.25) is 0 Å². The molecule has 1 rings (SSSR count). The Kier molecular flexibility index (Phi) is 9.21. The zero-order valence-electron chi connectivity index (χ0n) is 11.4. The number of thioether (sulfide) groups is 1. The van der Waals surface area contributed by atoms with E-state index in [-0.39, 0.29) is 0 Å². The van der Waals surface area contributed by atoms with E-state index < -0.39 is 0 Å². The van der Waals surface area contributed by atoms with Gasteiger partial charge in [-0.25, -0.2) is 0 Å². The van der Waals surface area contributed by atoms with Crippen LogP contribution in [0.25, 0.3) is 0 Å². The van der Waals surface area contributed by atoms with Crippen LogP contribution in [0.5, 0.6) is 0 Å². The van der Waals surface area contributed by atoms with Crippen molar-refractivity contribution in [1.82, 2.24) is 5.43 Å². The van der Waals surface area contributed by atoms with Gasteiger partial charge in [-0.15, -0.1) is 0 Å². The van der Waals surface area contributed by atoms with Crippen LogP contribution in [0.2, 0.25) is 0 Å². The number of nitrogens with one attached hydrogen (secondary N) is 1. The standard InChI is InChI=1S/C14H30N2S/c1-2-3-4-6-9-13(16-15)12-17-14-10-7-5-8-11-14/h13-14,16H,2-12,15H2,1H3. The van der Waals surface area contributed by atoms with Crippen molar-refractivity contribution in [3.63, 3.8) is 0 Å². The zero-order chi connectivity index (χ0) is 12.3. The van der Waals surface area contributed by atoms with Gasteiger partial charge in [0.15, 0.2) is 0 Å². The first-order chi connectivity index (χ1) is 8.36. The van der Waals surface area contributed by atoms with Crippen molar-refractivity contribution in [2.24, 2.45) is 5.84 Å². The van der Waals surface area contributed by atoms with Crippen molar-refractivity contribution in [2.45, 2.75) is 82.4 Å². The van der Waals surface area contributed by atoms with Crippen LogP contribution in [0.4, 0.5) is 0 Å². The van der Waals surface area contributed by atoms with E-state index in [1.54, 1.807) is 0 Å². The first kappa shape index (κ1) is 15.3. The topological polar surface area (TPSA) is 38.0 Å². The molecule has 1 saturated carbocycles. The van der Waals surface area contributed by atoms with Crippen molar-refractivity contribution in [3.05, 3.63) is 0 Å². The highest BCUT2D eigenvalue weighted by atomic mass is 32.2. The molecule has 1 aliphatic rings. The van der Waals surface area contributed by atoms with E-state index in [4.69, 9.17) is 5.84 Å². The molecule has 1 fully saturated rings. The molecule has 0 aromatic carbocycles. The third-order valence-electron chi connectivity index (χ3n) is 3.73. The Morgan fingerprint density at radius 3 is 2.59 bits per heavy atom. The van der Waals surface area contributed by atoms with Gasteiger partial charge in [-0.2, -0.15) is 11.8 Å². The molecule has 102 valence electrons. The van der Waals surface area contributed by atoms with Crippen LogP contribution >= 0.6 is 11.8 Å². The Balaban J connectivity index is 2.04. The summed E-state index contributed by atoms with van der Waals surface area (Å²) in [5, 5.41) is 0.912. The lowest BCUT2D eigenvalue weighted by Gasteiger charge is -2.23. The van der Waals surface area contributed by atoms with Crippen molar-refractivity contribution in [2.75, 3.05) is 5.75 Å². The second kappa shape index (κ2) is 10.2. The van der Waals surface area contributed by atoms with Crippen LogP contribution in [0.15, 0.2) is 0 Å². The second-order valence-electron chi connectivity index (χ2n) is 5.31. The highest BCUT2D eigenvalue weighted by Crippen LogP contribution is 2.28. The van der Waals surface area contributed by atoms with E-state index in [1.807, 2.05) is 0 Å². The lowest BCUT2D eigenvalue weighted by molar-refractivity contribution is 0.494. The maximum atomic E-state index is 5.64. The minimum atomic E-state index is 0.527. The Morgan fingerprint density at radius 1 is 1.18 bits per heavy atom. The highest BCUT2D eigenvalue weighted by Gasteiger charge is 2.15. The third kappa shape index (κ3) is 7.32. The van der Waals surface area contributed by atoms with Crippen molar-refractivity contribution in [3.8, 4) is 0 Å². The monoisotopic (exact) mass is 258 g/mol.